The highest BCUT2D eigenvalue weighted by Crippen LogP contribution is 2.43. The summed E-state index contributed by atoms with van der Waals surface area (Å²) < 4.78 is 5.96. The zero-order valence-corrected chi connectivity index (χ0v) is 19.0. The lowest BCUT2D eigenvalue weighted by molar-refractivity contribution is -0.117. The maximum atomic E-state index is 13.4. The number of rotatable bonds is 6. The van der Waals surface area contributed by atoms with Gasteiger partial charge in [-0.2, -0.15) is 0 Å². The van der Waals surface area contributed by atoms with E-state index in [2.05, 4.69) is 10.2 Å². The molecule has 7 nitrogen and oxygen atoms in total. The van der Waals surface area contributed by atoms with Crippen LogP contribution >= 0.6 is 22.7 Å². The number of amides is 1. The van der Waals surface area contributed by atoms with E-state index in [0.29, 0.717) is 32.1 Å². The monoisotopic (exact) mass is 475 g/mol. The molecule has 0 unspecified atom stereocenters. The Morgan fingerprint density at radius 2 is 1.82 bits per heavy atom. The number of aryl methyl sites for hydroxylation is 1. The number of hydrogen-bond acceptors (Lipinski definition) is 8. The summed E-state index contributed by atoms with van der Waals surface area (Å²) in [5.41, 5.74) is 0.612. The highest BCUT2D eigenvalue weighted by Gasteiger charge is 2.46. The number of benzene rings is 2. The van der Waals surface area contributed by atoms with E-state index < -0.39 is 23.5 Å². The van der Waals surface area contributed by atoms with E-state index in [1.807, 2.05) is 30.3 Å². The lowest BCUT2D eigenvalue weighted by atomic mass is 9.95. The SMILES string of the molecule is Cc1nnc(N2C(=O)C(O)=C(C(=O)c3cccs3)[C@H]2c2cccc(Oc3ccccc3)c2)s1. The summed E-state index contributed by atoms with van der Waals surface area (Å²) in [5.74, 6) is -0.485. The number of anilines is 1. The molecule has 5 rings (SSSR count). The normalized spacial score (nSPS) is 15.8. The number of nitrogens with zero attached hydrogens (tertiary/aromatic N) is 3. The minimum atomic E-state index is -0.876. The third kappa shape index (κ3) is 3.92. The number of para-hydroxylation sites is 1. The molecule has 1 aliphatic rings. The van der Waals surface area contributed by atoms with Gasteiger partial charge >= 0.3 is 0 Å². The molecule has 1 atom stereocenters. The van der Waals surface area contributed by atoms with E-state index in [0.717, 1.165) is 0 Å². The van der Waals surface area contributed by atoms with Crippen molar-refractivity contribution in [3.8, 4) is 11.5 Å². The number of carbonyl (C=O) groups excluding carboxylic acids is 2. The fraction of sp³-hybridized carbons (Fsp3) is 0.0833. The van der Waals surface area contributed by atoms with E-state index in [9.17, 15) is 14.7 Å². The van der Waals surface area contributed by atoms with Crippen molar-refractivity contribution in [1.82, 2.24) is 10.2 Å². The van der Waals surface area contributed by atoms with Crippen LogP contribution in [0, 0.1) is 6.92 Å². The first-order chi connectivity index (χ1) is 16.0. The Morgan fingerprint density at radius 1 is 1.03 bits per heavy atom. The number of aromatic nitrogens is 2. The second-order valence-corrected chi connectivity index (χ2v) is 9.35. The number of ether oxygens (including phenoxy) is 1. The molecule has 0 radical (unpaired) electrons. The molecular weight excluding hydrogens is 458 g/mol. The fourth-order valence-electron chi connectivity index (χ4n) is 3.65. The Labute approximate surface area is 197 Å². The van der Waals surface area contributed by atoms with Crippen molar-refractivity contribution in [3.05, 3.63) is 98.9 Å². The third-order valence-electron chi connectivity index (χ3n) is 5.07. The highest BCUT2D eigenvalue weighted by molar-refractivity contribution is 7.15. The molecule has 1 amide bonds. The molecule has 1 N–H and O–H groups in total. The molecule has 164 valence electrons. The number of aliphatic hydroxyl groups is 1. The standard InChI is InChI=1S/C24H17N3O4S2/c1-14-25-26-24(33-14)27-20(19(22(29)23(27)30)21(28)18-11-6-12-32-18)15-7-5-10-17(13-15)31-16-8-3-2-4-9-16/h2-13,20,29H,1H3/t20-/m1/s1. The summed E-state index contributed by atoms with van der Waals surface area (Å²) >= 11 is 2.46. The molecule has 0 bridgehead atoms. The average Bonchev–Trinajstić information content (AvgIpc) is 3.55. The maximum absolute atomic E-state index is 13.4. The van der Waals surface area contributed by atoms with Crippen molar-refractivity contribution < 1.29 is 19.4 Å². The van der Waals surface area contributed by atoms with E-state index in [1.54, 1.807) is 48.7 Å². The Morgan fingerprint density at radius 3 is 2.52 bits per heavy atom. The van der Waals surface area contributed by atoms with Gasteiger partial charge in [-0.3, -0.25) is 14.5 Å². The van der Waals surface area contributed by atoms with Gasteiger partial charge in [0.1, 0.15) is 16.5 Å². The van der Waals surface area contributed by atoms with Crippen LogP contribution in [-0.2, 0) is 4.79 Å². The molecular formula is C24H17N3O4S2. The number of aliphatic hydroxyl groups excluding tert-OH is 1. The Balaban J connectivity index is 1.61. The third-order valence-corrected chi connectivity index (χ3v) is 6.78. The molecule has 1 aliphatic heterocycles. The van der Waals surface area contributed by atoms with E-state index in [-0.39, 0.29) is 5.57 Å². The second-order valence-electron chi connectivity index (χ2n) is 7.24. The van der Waals surface area contributed by atoms with Gasteiger partial charge in [-0.05, 0) is 48.2 Å². The number of thiophene rings is 1. The molecule has 0 saturated heterocycles. The van der Waals surface area contributed by atoms with Crippen molar-refractivity contribution in [2.45, 2.75) is 13.0 Å². The number of hydrogen-bond donors (Lipinski definition) is 1. The van der Waals surface area contributed by atoms with Gasteiger partial charge in [-0.25, -0.2) is 0 Å². The largest absolute Gasteiger partial charge is 0.503 e. The second kappa shape index (κ2) is 8.61. The predicted molar refractivity (Wildman–Crippen MR) is 126 cm³/mol. The Hall–Kier alpha value is -3.82. The van der Waals surface area contributed by atoms with Crippen LogP contribution in [-0.4, -0.2) is 27.0 Å². The van der Waals surface area contributed by atoms with Gasteiger partial charge in [0.15, 0.2) is 5.76 Å². The number of ketones is 1. The van der Waals surface area contributed by atoms with Gasteiger partial charge in [0.2, 0.25) is 10.9 Å². The Bertz CT molecular complexity index is 1360. The molecule has 2 aromatic heterocycles. The fourth-order valence-corrected chi connectivity index (χ4v) is 5.04. The Kier molecular flexibility index (Phi) is 5.49. The zero-order valence-electron chi connectivity index (χ0n) is 17.3. The zero-order chi connectivity index (χ0) is 22.9. The molecule has 3 heterocycles. The van der Waals surface area contributed by atoms with E-state index in [4.69, 9.17) is 4.74 Å². The molecule has 0 aliphatic carbocycles. The molecule has 0 spiro atoms. The highest BCUT2D eigenvalue weighted by atomic mass is 32.1. The predicted octanol–water partition coefficient (Wildman–Crippen LogP) is 5.48. The van der Waals surface area contributed by atoms with Gasteiger partial charge < -0.3 is 9.84 Å². The molecule has 33 heavy (non-hydrogen) atoms. The van der Waals surface area contributed by atoms with Gasteiger partial charge in [-0.1, -0.05) is 47.7 Å². The lowest BCUT2D eigenvalue weighted by Crippen LogP contribution is -2.31. The van der Waals surface area contributed by atoms with Crippen molar-refractivity contribution in [3.63, 3.8) is 0 Å². The van der Waals surface area contributed by atoms with Crippen molar-refractivity contribution >= 4 is 39.5 Å². The van der Waals surface area contributed by atoms with Crippen molar-refractivity contribution in [2.75, 3.05) is 4.90 Å². The van der Waals surface area contributed by atoms with Crippen LogP contribution in [0.4, 0.5) is 5.13 Å². The van der Waals surface area contributed by atoms with E-state index >= 15 is 0 Å². The minimum absolute atomic E-state index is 0.00663. The molecule has 0 fully saturated rings. The van der Waals surface area contributed by atoms with Crippen LogP contribution in [0.5, 0.6) is 11.5 Å². The smallest absolute Gasteiger partial charge is 0.296 e. The molecule has 0 saturated carbocycles. The first-order valence-electron chi connectivity index (χ1n) is 10.0. The van der Waals surface area contributed by atoms with Gasteiger partial charge in [-0.15, -0.1) is 21.5 Å². The van der Waals surface area contributed by atoms with Crippen molar-refractivity contribution in [2.24, 2.45) is 0 Å². The lowest BCUT2D eigenvalue weighted by Gasteiger charge is -2.24. The summed E-state index contributed by atoms with van der Waals surface area (Å²) in [4.78, 5) is 28.2. The first kappa shape index (κ1) is 21.0. The summed E-state index contributed by atoms with van der Waals surface area (Å²) in [6.07, 6.45) is 0. The molecule has 9 heteroatoms. The average molecular weight is 476 g/mol. The number of carbonyl (C=O) groups is 2. The van der Waals surface area contributed by atoms with Crippen LogP contribution < -0.4 is 9.64 Å². The van der Waals surface area contributed by atoms with Crippen LogP contribution in [0.2, 0.25) is 0 Å². The quantitative estimate of drug-likeness (QED) is 0.371. The molecule has 4 aromatic rings. The van der Waals surface area contributed by atoms with Crippen LogP contribution in [0.1, 0.15) is 26.3 Å². The van der Waals surface area contributed by atoms with Gasteiger partial charge in [0.25, 0.3) is 5.91 Å². The van der Waals surface area contributed by atoms with Crippen LogP contribution in [0.3, 0.4) is 0 Å². The summed E-state index contributed by atoms with van der Waals surface area (Å²) in [7, 11) is 0. The number of Topliss-reactive ketones (excluding diaryl/α,β-unsaturated/α-hetero) is 1. The van der Waals surface area contributed by atoms with Crippen molar-refractivity contribution in [1.29, 1.82) is 0 Å². The topological polar surface area (TPSA) is 92.6 Å². The molecule has 2 aromatic carbocycles. The van der Waals surface area contributed by atoms with Crippen LogP contribution in [0.25, 0.3) is 0 Å². The summed E-state index contributed by atoms with van der Waals surface area (Å²) in [6.45, 7) is 1.77. The first-order valence-corrected chi connectivity index (χ1v) is 11.7. The van der Waals surface area contributed by atoms with Crippen LogP contribution in [0.15, 0.2) is 83.4 Å². The van der Waals surface area contributed by atoms with Gasteiger partial charge in [0, 0.05) is 0 Å². The maximum Gasteiger partial charge on any atom is 0.296 e. The van der Waals surface area contributed by atoms with E-state index in [1.165, 1.54) is 27.6 Å². The summed E-state index contributed by atoms with van der Waals surface area (Å²) in [6, 6.07) is 19.0. The minimum Gasteiger partial charge on any atom is -0.503 e. The summed E-state index contributed by atoms with van der Waals surface area (Å²) in [5, 5.41) is 21.6. The van der Waals surface area contributed by atoms with Gasteiger partial charge in [0.05, 0.1) is 16.5 Å².